The summed E-state index contributed by atoms with van der Waals surface area (Å²) in [7, 11) is -1.31. The summed E-state index contributed by atoms with van der Waals surface area (Å²) in [5.74, 6) is 0. The van der Waals surface area contributed by atoms with Crippen molar-refractivity contribution in [1.82, 2.24) is 0 Å². The van der Waals surface area contributed by atoms with Gasteiger partial charge in [0.2, 0.25) is 0 Å². The van der Waals surface area contributed by atoms with Gasteiger partial charge in [-0.25, -0.2) is 4.21 Å². The van der Waals surface area contributed by atoms with Crippen molar-refractivity contribution in [3.63, 3.8) is 0 Å². The van der Waals surface area contributed by atoms with Crippen LogP contribution >= 0.6 is 0 Å². The molecule has 0 heterocycles. The standard InChI is InChI=1S/C17H23NOS/c1-3-4-5-6-7-8-9-10-15-18-20(19)17-13-11-16(2)12-14-17/h7-15H,3-6H2,1-2H3/b8-7+,10-9+,18-15+. The number of hydrogen-bond acceptors (Lipinski definition) is 1. The van der Waals surface area contributed by atoms with Crippen LogP contribution in [0, 0.1) is 6.92 Å². The van der Waals surface area contributed by atoms with E-state index in [1.807, 2.05) is 49.4 Å². The van der Waals surface area contributed by atoms with Gasteiger partial charge in [-0.3, -0.25) is 0 Å². The Balaban J connectivity index is 2.33. The topological polar surface area (TPSA) is 29.4 Å². The van der Waals surface area contributed by atoms with Crippen LogP contribution in [0.4, 0.5) is 0 Å². The first-order chi connectivity index (χ1) is 9.74. The Labute approximate surface area is 124 Å². The maximum absolute atomic E-state index is 11.8. The lowest BCUT2D eigenvalue weighted by molar-refractivity contribution is 0.684. The van der Waals surface area contributed by atoms with Crippen LogP contribution in [0.3, 0.4) is 0 Å². The highest BCUT2D eigenvalue weighted by Crippen LogP contribution is 2.08. The molecule has 0 spiro atoms. The molecule has 0 amide bonds. The van der Waals surface area contributed by atoms with Crippen LogP contribution in [0.1, 0.15) is 38.2 Å². The smallest absolute Gasteiger partial charge is 0.172 e. The van der Waals surface area contributed by atoms with Crippen LogP contribution < -0.4 is 0 Å². The highest BCUT2D eigenvalue weighted by atomic mass is 32.2. The van der Waals surface area contributed by atoms with Gasteiger partial charge in [0.15, 0.2) is 11.0 Å². The van der Waals surface area contributed by atoms with Crippen molar-refractivity contribution >= 4 is 17.2 Å². The Bertz CT molecular complexity index is 486. The van der Waals surface area contributed by atoms with Gasteiger partial charge in [0.1, 0.15) is 0 Å². The van der Waals surface area contributed by atoms with Crippen molar-refractivity contribution in [3.8, 4) is 0 Å². The van der Waals surface area contributed by atoms with E-state index in [4.69, 9.17) is 0 Å². The molecule has 108 valence electrons. The van der Waals surface area contributed by atoms with Crippen molar-refractivity contribution in [1.29, 1.82) is 0 Å². The summed E-state index contributed by atoms with van der Waals surface area (Å²) in [6.45, 7) is 4.21. The maximum Gasteiger partial charge on any atom is 0.172 e. The molecule has 0 aliphatic rings. The van der Waals surface area contributed by atoms with Crippen LogP contribution in [-0.4, -0.2) is 10.4 Å². The van der Waals surface area contributed by atoms with Gasteiger partial charge >= 0.3 is 0 Å². The molecule has 0 bridgehead atoms. The predicted octanol–water partition coefficient (Wildman–Crippen LogP) is 4.78. The molecule has 0 N–H and O–H groups in total. The summed E-state index contributed by atoms with van der Waals surface area (Å²) in [6.07, 6.45) is 14.4. The SMILES string of the molecule is CCCCC/C=C/C=C/C=N/S(=O)c1ccc(C)cc1. The van der Waals surface area contributed by atoms with E-state index in [-0.39, 0.29) is 0 Å². The molecule has 1 rings (SSSR count). The average molecular weight is 289 g/mol. The molecule has 0 saturated heterocycles. The Kier molecular flexibility index (Phi) is 8.56. The van der Waals surface area contributed by atoms with E-state index < -0.39 is 11.0 Å². The fourth-order valence-corrected chi connectivity index (χ4v) is 2.28. The highest BCUT2D eigenvalue weighted by molar-refractivity contribution is 7.83. The predicted molar refractivity (Wildman–Crippen MR) is 88.5 cm³/mol. The van der Waals surface area contributed by atoms with Gasteiger partial charge in [-0.1, -0.05) is 55.7 Å². The monoisotopic (exact) mass is 289 g/mol. The van der Waals surface area contributed by atoms with Crippen molar-refractivity contribution in [2.45, 2.75) is 44.4 Å². The molecule has 0 aromatic heterocycles. The molecule has 0 aliphatic carbocycles. The second-order valence-corrected chi connectivity index (χ2v) is 5.81. The minimum atomic E-state index is -1.31. The van der Waals surface area contributed by atoms with Crippen LogP contribution in [0.2, 0.25) is 0 Å². The molecule has 1 atom stereocenters. The number of nitrogens with zero attached hydrogens (tertiary/aromatic N) is 1. The molecular formula is C17H23NOS. The first kappa shape index (κ1) is 16.6. The van der Waals surface area contributed by atoms with Gasteiger partial charge in [0, 0.05) is 6.21 Å². The number of hydrogen-bond donors (Lipinski definition) is 0. The van der Waals surface area contributed by atoms with E-state index in [0.29, 0.717) is 0 Å². The number of aryl methyl sites for hydroxylation is 1. The van der Waals surface area contributed by atoms with Gasteiger partial charge in [0.05, 0.1) is 4.90 Å². The number of benzene rings is 1. The zero-order valence-corrected chi connectivity index (χ0v) is 13.1. The zero-order valence-electron chi connectivity index (χ0n) is 12.3. The Morgan fingerprint density at radius 3 is 2.55 bits per heavy atom. The third-order valence-electron chi connectivity index (χ3n) is 2.80. The third-order valence-corrected chi connectivity index (χ3v) is 3.79. The van der Waals surface area contributed by atoms with Crippen LogP contribution in [0.5, 0.6) is 0 Å². The fraction of sp³-hybridized carbons (Fsp3) is 0.353. The third kappa shape index (κ3) is 7.19. The highest BCUT2D eigenvalue weighted by Gasteiger charge is 1.98. The van der Waals surface area contributed by atoms with Gasteiger partial charge in [0.25, 0.3) is 0 Å². The normalized spacial score (nSPS) is 13.7. The molecule has 20 heavy (non-hydrogen) atoms. The summed E-state index contributed by atoms with van der Waals surface area (Å²) in [4.78, 5) is 0.732. The minimum Gasteiger partial charge on any atom is -0.229 e. The number of allylic oxidation sites excluding steroid dienone is 4. The molecule has 0 radical (unpaired) electrons. The van der Waals surface area contributed by atoms with Crippen LogP contribution in [0.15, 0.2) is 57.9 Å². The molecule has 0 aliphatic heterocycles. The van der Waals surface area contributed by atoms with Crippen molar-refractivity contribution in [2.24, 2.45) is 4.40 Å². The van der Waals surface area contributed by atoms with Crippen molar-refractivity contribution in [2.75, 3.05) is 0 Å². The molecule has 0 fully saturated rings. The van der Waals surface area contributed by atoms with E-state index in [2.05, 4.69) is 17.4 Å². The second-order valence-electron chi connectivity index (χ2n) is 4.63. The molecule has 3 heteroatoms. The van der Waals surface area contributed by atoms with Gasteiger partial charge in [-0.15, -0.1) is 0 Å². The van der Waals surface area contributed by atoms with Crippen LogP contribution in [0.25, 0.3) is 0 Å². The lowest BCUT2D eigenvalue weighted by Gasteiger charge is -1.95. The maximum atomic E-state index is 11.8. The Hall–Kier alpha value is -1.48. The molecule has 1 aromatic rings. The molecule has 0 saturated carbocycles. The van der Waals surface area contributed by atoms with E-state index in [1.54, 1.807) is 6.21 Å². The number of unbranched alkanes of at least 4 members (excludes halogenated alkanes) is 3. The fourth-order valence-electron chi connectivity index (χ4n) is 1.61. The lowest BCUT2D eigenvalue weighted by atomic mass is 10.2. The number of rotatable bonds is 8. The van der Waals surface area contributed by atoms with E-state index >= 15 is 0 Å². The van der Waals surface area contributed by atoms with Crippen molar-refractivity contribution in [3.05, 3.63) is 54.1 Å². The Morgan fingerprint density at radius 2 is 1.85 bits per heavy atom. The van der Waals surface area contributed by atoms with Gasteiger partial charge in [-0.05, 0) is 38.0 Å². The summed E-state index contributed by atoms with van der Waals surface area (Å²) in [5.41, 5.74) is 1.16. The second kappa shape index (κ2) is 10.3. The van der Waals surface area contributed by atoms with Crippen molar-refractivity contribution < 1.29 is 4.21 Å². The van der Waals surface area contributed by atoms with Gasteiger partial charge < -0.3 is 0 Å². The summed E-state index contributed by atoms with van der Waals surface area (Å²) < 4.78 is 15.8. The van der Waals surface area contributed by atoms with Gasteiger partial charge in [-0.2, -0.15) is 4.40 Å². The molecule has 2 nitrogen and oxygen atoms in total. The average Bonchev–Trinajstić information content (AvgIpc) is 2.46. The summed E-state index contributed by atoms with van der Waals surface area (Å²) in [5, 5.41) is 0. The first-order valence-corrected chi connectivity index (χ1v) is 8.19. The summed E-state index contributed by atoms with van der Waals surface area (Å²) >= 11 is 0. The van der Waals surface area contributed by atoms with Crippen LogP contribution in [-0.2, 0) is 11.0 Å². The molecule has 1 aromatic carbocycles. The van der Waals surface area contributed by atoms with E-state index in [0.717, 1.165) is 16.9 Å². The minimum absolute atomic E-state index is 0.732. The van der Waals surface area contributed by atoms with E-state index in [9.17, 15) is 4.21 Å². The lowest BCUT2D eigenvalue weighted by Crippen LogP contribution is -1.86. The quantitative estimate of drug-likeness (QED) is 0.384. The summed E-state index contributed by atoms with van der Waals surface area (Å²) in [6, 6.07) is 7.58. The zero-order chi connectivity index (χ0) is 14.6. The molecule has 1 unspecified atom stereocenters. The molecular weight excluding hydrogens is 266 g/mol. The Morgan fingerprint density at radius 1 is 1.10 bits per heavy atom. The van der Waals surface area contributed by atoms with E-state index in [1.165, 1.54) is 19.3 Å². The first-order valence-electron chi connectivity index (χ1n) is 7.08. The largest absolute Gasteiger partial charge is 0.229 e.